The molecule has 7 N–H and O–H groups in total. The molecule has 55 heavy (non-hydrogen) atoms. The van der Waals surface area contributed by atoms with Gasteiger partial charge in [0.05, 0.1) is 25.4 Å². The summed E-state index contributed by atoms with van der Waals surface area (Å²) in [5.41, 5.74) is 0. The van der Waals surface area contributed by atoms with Gasteiger partial charge in [-0.3, -0.25) is 4.79 Å². The quantitative estimate of drug-likeness (QED) is 0.0243. The Labute approximate surface area is 336 Å². The van der Waals surface area contributed by atoms with E-state index in [-0.39, 0.29) is 6.61 Å². The molecular formula is C45H87NO9. The van der Waals surface area contributed by atoms with Crippen molar-refractivity contribution in [2.75, 3.05) is 13.2 Å². The smallest absolute Gasteiger partial charge is 0.249 e. The highest BCUT2D eigenvalue weighted by Crippen LogP contribution is 2.23. The molecule has 1 amide bonds. The first kappa shape index (κ1) is 51.9. The second kappa shape index (κ2) is 34.9. The fraction of sp³-hybridized carbons (Fsp3) is 0.933. The zero-order chi connectivity index (χ0) is 40.5. The van der Waals surface area contributed by atoms with Gasteiger partial charge in [-0.2, -0.15) is 0 Å². The number of nitrogens with one attached hydrogen (secondary N) is 1. The Morgan fingerprint density at radius 2 is 1.15 bits per heavy atom. The molecule has 0 aromatic rings. The Balaban J connectivity index is 2.39. The van der Waals surface area contributed by atoms with Crippen molar-refractivity contribution in [3.63, 3.8) is 0 Å². The number of ether oxygens (including phenoxy) is 2. The summed E-state index contributed by atoms with van der Waals surface area (Å²) in [7, 11) is 0. The fourth-order valence-electron chi connectivity index (χ4n) is 7.31. The van der Waals surface area contributed by atoms with Crippen LogP contribution < -0.4 is 5.32 Å². The van der Waals surface area contributed by atoms with E-state index in [0.717, 1.165) is 50.9 Å². The maximum absolute atomic E-state index is 13.0. The Hall–Kier alpha value is -1.11. The van der Waals surface area contributed by atoms with Gasteiger partial charge in [0.25, 0.3) is 0 Å². The number of allylic oxidation sites excluding steroid dienone is 1. The van der Waals surface area contributed by atoms with Crippen LogP contribution in [0.15, 0.2) is 12.2 Å². The predicted octanol–water partition coefficient (Wildman–Crippen LogP) is 8.16. The van der Waals surface area contributed by atoms with Crippen molar-refractivity contribution in [2.45, 2.75) is 250 Å². The SMILES string of the molecule is CCCCCCCCCCCCCCCCCCCC[C@@H](O)C(=O)N[C@@H](COC1OC(CO)C(O)C(O)C1O)[C@H](O)/C=C/CCCCCCCCC(C)CC. The number of unbranched alkanes of at least 4 members (excludes halogenated alkanes) is 23. The van der Waals surface area contributed by atoms with Crippen LogP contribution in [0, 0.1) is 5.92 Å². The van der Waals surface area contributed by atoms with E-state index < -0.39 is 61.5 Å². The topological polar surface area (TPSA) is 169 Å². The van der Waals surface area contributed by atoms with Crippen molar-refractivity contribution in [3.05, 3.63) is 12.2 Å². The monoisotopic (exact) mass is 786 g/mol. The largest absolute Gasteiger partial charge is 0.394 e. The van der Waals surface area contributed by atoms with Gasteiger partial charge in [-0.05, 0) is 25.2 Å². The second-order valence-electron chi connectivity index (χ2n) is 16.6. The third kappa shape index (κ3) is 25.8. The van der Waals surface area contributed by atoms with E-state index in [1.54, 1.807) is 6.08 Å². The highest BCUT2D eigenvalue weighted by molar-refractivity contribution is 5.80. The molecule has 0 aliphatic carbocycles. The number of aliphatic hydroxyl groups is 6. The molecular weight excluding hydrogens is 698 g/mol. The minimum absolute atomic E-state index is 0.303. The number of rotatable bonds is 37. The molecule has 6 unspecified atom stereocenters. The standard InChI is InChI=1S/C45H87NO9/c1-4-6-7-8-9-10-11-12-13-14-15-16-17-18-19-24-27-30-33-39(49)44(53)46-37(35-54-45-43(52)42(51)41(50)40(34-47)55-45)38(48)32-29-26-23-21-20-22-25-28-31-36(3)5-2/h29,32,36-43,45,47-52H,4-28,30-31,33-35H2,1-3H3,(H,46,53)/b32-29+/t36?,37-,38+,39+,40?,41?,42?,43?,45?/m0/s1. The average Bonchev–Trinajstić information content (AvgIpc) is 3.18. The molecule has 10 heteroatoms. The van der Waals surface area contributed by atoms with Gasteiger partial charge in [0.1, 0.15) is 30.5 Å². The van der Waals surface area contributed by atoms with Crippen molar-refractivity contribution in [3.8, 4) is 0 Å². The zero-order valence-corrected chi connectivity index (χ0v) is 35.5. The Morgan fingerprint density at radius 3 is 1.64 bits per heavy atom. The molecule has 0 aromatic carbocycles. The lowest BCUT2D eigenvalue weighted by molar-refractivity contribution is -0.302. The molecule has 1 aliphatic rings. The molecule has 10 nitrogen and oxygen atoms in total. The van der Waals surface area contributed by atoms with Crippen LogP contribution in [0.5, 0.6) is 0 Å². The highest BCUT2D eigenvalue weighted by Gasteiger charge is 2.44. The molecule has 1 saturated heterocycles. The van der Waals surface area contributed by atoms with E-state index >= 15 is 0 Å². The van der Waals surface area contributed by atoms with Crippen LogP contribution >= 0.6 is 0 Å². The lowest BCUT2D eigenvalue weighted by atomic mass is 9.99. The molecule has 0 saturated carbocycles. The third-order valence-electron chi connectivity index (χ3n) is 11.5. The molecule has 9 atom stereocenters. The van der Waals surface area contributed by atoms with Gasteiger partial charge in [0.2, 0.25) is 5.91 Å². The van der Waals surface area contributed by atoms with Gasteiger partial charge >= 0.3 is 0 Å². The van der Waals surface area contributed by atoms with E-state index in [1.165, 1.54) is 128 Å². The Bertz CT molecular complexity index is 906. The first-order chi connectivity index (χ1) is 26.7. The molecule has 0 aromatic heterocycles. The van der Waals surface area contributed by atoms with Gasteiger partial charge in [-0.1, -0.05) is 193 Å². The predicted molar refractivity (Wildman–Crippen MR) is 223 cm³/mol. The van der Waals surface area contributed by atoms with Gasteiger partial charge in [-0.25, -0.2) is 0 Å². The maximum Gasteiger partial charge on any atom is 0.249 e. The normalized spacial score (nSPS) is 22.5. The molecule has 0 bridgehead atoms. The average molecular weight is 786 g/mol. The summed E-state index contributed by atoms with van der Waals surface area (Å²) >= 11 is 0. The number of hydrogen-bond acceptors (Lipinski definition) is 9. The molecule has 0 radical (unpaired) electrons. The van der Waals surface area contributed by atoms with Crippen LogP contribution in [-0.2, 0) is 14.3 Å². The molecule has 1 heterocycles. The van der Waals surface area contributed by atoms with Crippen LogP contribution in [0.1, 0.15) is 201 Å². The second-order valence-corrected chi connectivity index (χ2v) is 16.6. The first-order valence-electron chi connectivity index (χ1n) is 22.9. The van der Waals surface area contributed by atoms with Crippen LogP contribution in [-0.4, -0.2) is 98.7 Å². The van der Waals surface area contributed by atoms with Gasteiger partial charge in [0, 0.05) is 0 Å². The van der Waals surface area contributed by atoms with Gasteiger partial charge < -0.3 is 45.4 Å². The molecule has 1 rings (SSSR count). The number of amides is 1. The van der Waals surface area contributed by atoms with Crippen LogP contribution in [0.4, 0.5) is 0 Å². The summed E-state index contributed by atoms with van der Waals surface area (Å²) in [6, 6.07) is -0.975. The summed E-state index contributed by atoms with van der Waals surface area (Å²) in [5.74, 6) is 0.185. The number of carbonyl (C=O) groups excluding carboxylic acids is 1. The van der Waals surface area contributed by atoms with Crippen molar-refractivity contribution in [1.82, 2.24) is 5.32 Å². The lowest BCUT2D eigenvalue weighted by Gasteiger charge is -2.40. The van der Waals surface area contributed by atoms with Crippen molar-refractivity contribution >= 4 is 5.91 Å². The van der Waals surface area contributed by atoms with Crippen LogP contribution in [0.2, 0.25) is 0 Å². The maximum atomic E-state index is 13.0. The summed E-state index contributed by atoms with van der Waals surface area (Å²) < 4.78 is 11.1. The van der Waals surface area contributed by atoms with Crippen LogP contribution in [0.3, 0.4) is 0 Å². The van der Waals surface area contributed by atoms with Crippen molar-refractivity contribution in [1.29, 1.82) is 0 Å². The minimum atomic E-state index is -1.61. The van der Waals surface area contributed by atoms with Crippen LogP contribution in [0.25, 0.3) is 0 Å². The van der Waals surface area contributed by atoms with E-state index in [0.29, 0.717) is 6.42 Å². The van der Waals surface area contributed by atoms with Crippen molar-refractivity contribution < 1.29 is 44.9 Å². The third-order valence-corrected chi connectivity index (χ3v) is 11.5. The van der Waals surface area contributed by atoms with Gasteiger partial charge in [0.15, 0.2) is 6.29 Å². The van der Waals surface area contributed by atoms with E-state index in [2.05, 4.69) is 26.1 Å². The molecule has 1 fully saturated rings. The number of carbonyl (C=O) groups is 1. The van der Waals surface area contributed by atoms with E-state index in [1.807, 2.05) is 6.08 Å². The number of hydrogen-bond donors (Lipinski definition) is 7. The lowest BCUT2D eigenvalue weighted by Crippen LogP contribution is -2.60. The fourth-order valence-corrected chi connectivity index (χ4v) is 7.31. The Kier molecular flexibility index (Phi) is 32.9. The zero-order valence-electron chi connectivity index (χ0n) is 35.5. The van der Waals surface area contributed by atoms with E-state index in [4.69, 9.17) is 9.47 Å². The summed E-state index contributed by atoms with van der Waals surface area (Å²) in [6.45, 7) is 5.92. The molecule has 0 spiro atoms. The highest BCUT2D eigenvalue weighted by atomic mass is 16.7. The number of aliphatic hydroxyl groups excluding tert-OH is 6. The first-order valence-corrected chi connectivity index (χ1v) is 22.9. The van der Waals surface area contributed by atoms with Crippen molar-refractivity contribution in [2.24, 2.45) is 5.92 Å². The van der Waals surface area contributed by atoms with E-state index in [9.17, 15) is 35.4 Å². The Morgan fingerprint density at radius 1 is 0.673 bits per heavy atom. The summed E-state index contributed by atoms with van der Waals surface area (Å²) in [6.07, 6.45) is 27.3. The molecule has 326 valence electrons. The van der Waals surface area contributed by atoms with Gasteiger partial charge in [-0.15, -0.1) is 0 Å². The molecule has 1 aliphatic heterocycles. The summed E-state index contributed by atoms with van der Waals surface area (Å²) in [5, 5.41) is 64.6. The summed E-state index contributed by atoms with van der Waals surface area (Å²) in [4.78, 5) is 13.0. The minimum Gasteiger partial charge on any atom is -0.394 e.